The Kier molecular flexibility index (Phi) is 6.79. The van der Waals surface area contributed by atoms with Gasteiger partial charge in [0, 0.05) is 42.8 Å². The Balaban J connectivity index is 1.72. The van der Waals surface area contributed by atoms with Crippen molar-refractivity contribution in [3.63, 3.8) is 0 Å². The number of fused-ring (bicyclic) bond motifs is 1. The Morgan fingerprint density at radius 3 is 2.67 bits per heavy atom. The molecule has 0 saturated carbocycles. The number of aromatic nitrogens is 2. The van der Waals surface area contributed by atoms with Gasteiger partial charge in [0.25, 0.3) is 5.91 Å². The van der Waals surface area contributed by atoms with Crippen LogP contribution in [0.25, 0.3) is 10.9 Å². The van der Waals surface area contributed by atoms with Crippen molar-refractivity contribution in [2.24, 2.45) is 0 Å². The predicted molar refractivity (Wildman–Crippen MR) is 115 cm³/mol. The highest BCUT2D eigenvalue weighted by molar-refractivity contribution is 7.90. The smallest absolute Gasteiger partial charge is 0.251 e. The molecule has 0 atom stereocenters. The lowest BCUT2D eigenvalue weighted by atomic mass is 10.1. The molecule has 1 amide bonds. The number of sulfone groups is 1. The van der Waals surface area contributed by atoms with Crippen LogP contribution in [0, 0.1) is 6.92 Å². The van der Waals surface area contributed by atoms with Gasteiger partial charge in [0.1, 0.15) is 0 Å². The quantitative estimate of drug-likeness (QED) is 0.555. The van der Waals surface area contributed by atoms with Crippen molar-refractivity contribution in [1.29, 1.82) is 0 Å². The van der Waals surface area contributed by atoms with E-state index in [1.165, 1.54) is 6.07 Å². The number of benzene rings is 1. The molecular formula is C22H25N3O4S. The molecule has 2 heterocycles. The lowest BCUT2D eigenvalue weighted by molar-refractivity contribution is 0.0950. The minimum Gasteiger partial charge on any atom is -0.385 e. The molecule has 3 rings (SSSR count). The van der Waals surface area contributed by atoms with E-state index >= 15 is 0 Å². The van der Waals surface area contributed by atoms with E-state index < -0.39 is 9.84 Å². The molecule has 3 aromatic rings. The number of amides is 1. The molecule has 0 unspecified atom stereocenters. The fraction of sp³-hybridized carbons (Fsp3) is 0.318. The van der Waals surface area contributed by atoms with E-state index in [2.05, 4.69) is 15.3 Å². The van der Waals surface area contributed by atoms with Crippen LogP contribution in [0.2, 0.25) is 0 Å². The van der Waals surface area contributed by atoms with Crippen LogP contribution in [0.5, 0.6) is 0 Å². The third-order valence-electron chi connectivity index (χ3n) is 4.75. The van der Waals surface area contributed by atoms with Crippen molar-refractivity contribution >= 4 is 26.6 Å². The minimum atomic E-state index is -3.40. The molecule has 1 aromatic carbocycles. The van der Waals surface area contributed by atoms with Gasteiger partial charge in [-0.1, -0.05) is 6.07 Å². The summed E-state index contributed by atoms with van der Waals surface area (Å²) in [7, 11) is -1.72. The Bertz CT molecular complexity index is 1180. The first-order chi connectivity index (χ1) is 14.3. The molecule has 0 saturated heterocycles. The average molecular weight is 428 g/mol. The molecule has 0 aliphatic heterocycles. The Labute approximate surface area is 176 Å². The lowest BCUT2D eigenvalue weighted by Crippen LogP contribution is -2.23. The van der Waals surface area contributed by atoms with E-state index in [1.807, 2.05) is 18.2 Å². The van der Waals surface area contributed by atoms with Crippen LogP contribution in [-0.2, 0) is 27.5 Å². The van der Waals surface area contributed by atoms with Gasteiger partial charge in [-0.3, -0.25) is 14.8 Å². The van der Waals surface area contributed by atoms with Crippen molar-refractivity contribution in [1.82, 2.24) is 15.3 Å². The van der Waals surface area contributed by atoms with Gasteiger partial charge in [-0.05, 0) is 55.7 Å². The molecule has 0 fully saturated rings. The molecule has 2 aromatic heterocycles. The largest absolute Gasteiger partial charge is 0.385 e. The molecule has 0 bridgehead atoms. The highest BCUT2D eigenvalue weighted by atomic mass is 32.2. The third-order valence-corrected chi connectivity index (χ3v) is 5.99. The van der Waals surface area contributed by atoms with E-state index in [1.54, 1.807) is 32.4 Å². The highest BCUT2D eigenvalue weighted by Gasteiger charge is 2.15. The van der Waals surface area contributed by atoms with Crippen LogP contribution in [0.4, 0.5) is 0 Å². The Morgan fingerprint density at radius 1 is 1.13 bits per heavy atom. The maximum absolute atomic E-state index is 12.5. The van der Waals surface area contributed by atoms with Gasteiger partial charge in [-0.25, -0.2) is 8.42 Å². The zero-order chi connectivity index (χ0) is 21.7. The van der Waals surface area contributed by atoms with Crippen molar-refractivity contribution in [2.75, 3.05) is 20.0 Å². The number of methoxy groups -OCH3 is 1. The maximum Gasteiger partial charge on any atom is 0.251 e. The van der Waals surface area contributed by atoms with Crippen molar-refractivity contribution in [2.45, 2.75) is 31.2 Å². The molecule has 8 heteroatoms. The zero-order valence-corrected chi connectivity index (χ0v) is 18.1. The van der Waals surface area contributed by atoms with Crippen LogP contribution in [0.1, 0.15) is 33.7 Å². The number of carbonyl (C=O) groups is 1. The summed E-state index contributed by atoms with van der Waals surface area (Å²) < 4.78 is 28.9. The summed E-state index contributed by atoms with van der Waals surface area (Å²) in [6.07, 6.45) is 4.59. The van der Waals surface area contributed by atoms with Crippen LogP contribution in [-0.4, -0.2) is 44.3 Å². The van der Waals surface area contributed by atoms with Gasteiger partial charge < -0.3 is 10.1 Å². The Hall–Kier alpha value is -2.84. The topological polar surface area (TPSA) is 98.2 Å². The molecular weight excluding hydrogens is 402 g/mol. The fourth-order valence-electron chi connectivity index (χ4n) is 3.15. The summed E-state index contributed by atoms with van der Waals surface area (Å²) in [5.74, 6) is -0.358. The van der Waals surface area contributed by atoms with E-state index in [0.29, 0.717) is 23.4 Å². The second kappa shape index (κ2) is 9.32. The molecule has 0 spiro atoms. The molecule has 158 valence electrons. The van der Waals surface area contributed by atoms with Crippen molar-refractivity contribution < 1.29 is 17.9 Å². The molecule has 0 aliphatic carbocycles. The summed E-state index contributed by atoms with van der Waals surface area (Å²) in [5, 5.41) is 3.72. The first kappa shape index (κ1) is 21.9. The van der Waals surface area contributed by atoms with Crippen LogP contribution < -0.4 is 5.32 Å². The highest BCUT2D eigenvalue weighted by Crippen LogP contribution is 2.17. The van der Waals surface area contributed by atoms with E-state index in [9.17, 15) is 13.2 Å². The normalized spacial score (nSPS) is 11.6. The van der Waals surface area contributed by atoms with Crippen molar-refractivity contribution in [3.8, 4) is 0 Å². The number of aryl methyl sites for hydroxylation is 2. The van der Waals surface area contributed by atoms with Crippen molar-refractivity contribution in [3.05, 3.63) is 65.1 Å². The van der Waals surface area contributed by atoms with Gasteiger partial charge in [-0.15, -0.1) is 0 Å². The van der Waals surface area contributed by atoms with Gasteiger partial charge in [0.15, 0.2) is 9.84 Å². The van der Waals surface area contributed by atoms with E-state index in [-0.39, 0.29) is 17.3 Å². The number of rotatable bonds is 8. The van der Waals surface area contributed by atoms with Crippen LogP contribution in [0.3, 0.4) is 0 Å². The summed E-state index contributed by atoms with van der Waals surface area (Å²) in [6, 6.07) is 10.5. The third kappa shape index (κ3) is 5.40. The number of nitrogens with zero attached hydrogens (tertiary/aromatic N) is 2. The second-order valence-electron chi connectivity index (χ2n) is 7.20. The van der Waals surface area contributed by atoms with Crippen LogP contribution in [0.15, 0.2) is 47.5 Å². The second-order valence-corrected chi connectivity index (χ2v) is 9.19. The number of nitrogens with one attached hydrogen (secondary N) is 1. The zero-order valence-electron chi connectivity index (χ0n) is 17.3. The molecule has 1 N–H and O–H groups in total. The molecule has 30 heavy (non-hydrogen) atoms. The minimum absolute atomic E-state index is 0.157. The SMILES string of the molecule is COCCCc1ccc2cnc(CNC(=O)c3ccc(C)c(S(C)(=O)=O)c3)cc2n1. The Morgan fingerprint density at radius 2 is 1.93 bits per heavy atom. The molecule has 7 nitrogen and oxygen atoms in total. The standard InChI is InChI=1S/C22H25N3O4S/c1-15-6-7-16(11-21(15)30(3,27)28)22(26)24-14-19-12-20-17(13-23-19)8-9-18(25-20)5-4-10-29-2/h6-9,11-13H,4-5,10,14H2,1-3H3,(H,24,26). The van der Waals surface area contributed by atoms with Gasteiger partial charge in [0.05, 0.1) is 22.7 Å². The number of pyridine rings is 2. The van der Waals surface area contributed by atoms with E-state index in [4.69, 9.17) is 4.74 Å². The van der Waals surface area contributed by atoms with Gasteiger partial charge >= 0.3 is 0 Å². The molecule has 0 radical (unpaired) electrons. The summed E-state index contributed by atoms with van der Waals surface area (Å²) in [6.45, 7) is 2.60. The number of hydrogen-bond acceptors (Lipinski definition) is 6. The number of carbonyl (C=O) groups excluding carboxylic acids is 1. The number of hydrogen-bond donors (Lipinski definition) is 1. The molecule has 0 aliphatic rings. The van der Waals surface area contributed by atoms with Crippen LogP contribution >= 0.6 is 0 Å². The maximum atomic E-state index is 12.5. The van der Waals surface area contributed by atoms with Gasteiger partial charge in [0.2, 0.25) is 0 Å². The first-order valence-corrected chi connectivity index (χ1v) is 11.5. The van der Waals surface area contributed by atoms with E-state index in [0.717, 1.165) is 35.7 Å². The summed E-state index contributed by atoms with van der Waals surface area (Å²) in [4.78, 5) is 21.7. The van der Waals surface area contributed by atoms with Gasteiger partial charge in [-0.2, -0.15) is 0 Å². The number of ether oxygens (including phenoxy) is 1. The predicted octanol–water partition coefficient (Wildman–Crippen LogP) is 2.85. The lowest BCUT2D eigenvalue weighted by Gasteiger charge is -2.09. The monoisotopic (exact) mass is 427 g/mol. The average Bonchev–Trinajstić information content (AvgIpc) is 2.71. The fourth-order valence-corrected chi connectivity index (χ4v) is 4.14. The summed E-state index contributed by atoms with van der Waals surface area (Å²) in [5.41, 5.74) is 3.37. The first-order valence-electron chi connectivity index (χ1n) is 9.60. The summed E-state index contributed by atoms with van der Waals surface area (Å²) >= 11 is 0.